The summed E-state index contributed by atoms with van der Waals surface area (Å²) in [5, 5.41) is 2.88. The van der Waals surface area contributed by atoms with Crippen molar-refractivity contribution in [2.75, 3.05) is 19.6 Å². The van der Waals surface area contributed by atoms with Gasteiger partial charge in [0.05, 0.1) is 0 Å². The van der Waals surface area contributed by atoms with Crippen LogP contribution < -0.4 is 5.32 Å². The summed E-state index contributed by atoms with van der Waals surface area (Å²) in [6, 6.07) is 10.5. The summed E-state index contributed by atoms with van der Waals surface area (Å²) in [6.45, 7) is 6.12. The molecular weight excluding hydrogens is 300 g/mol. The molecule has 1 atom stereocenters. The number of likely N-dealkylation sites (tertiary alicyclic amines) is 1. The SMILES string of the molecule is CC(=O)NCC1CCN(C(=O)CC(C)CCc2ccccc2)CC1. The molecule has 2 rings (SSSR count). The van der Waals surface area contributed by atoms with Gasteiger partial charge in [-0.25, -0.2) is 0 Å². The Bertz CT molecular complexity index is 522. The summed E-state index contributed by atoms with van der Waals surface area (Å²) in [4.78, 5) is 25.4. The Kier molecular flexibility index (Phi) is 7.29. The number of benzene rings is 1. The molecule has 0 bridgehead atoms. The number of rotatable bonds is 7. The van der Waals surface area contributed by atoms with Gasteiger partial charge in [-0.3, -0.25) is 9.59 Å². The molecule has 0 saturated carbocycles. The molecule has 1 fully saturated rings. The van der Waals surface area contributed by atoms with E-state index in [1.165, 1.54) is 5.56 Å². The first-order chi connectivity index (χ1) is 11.5. The summed E-state index contributed by atoms with van der Waals surface area (Å²) in [5.41, 5.74) is 1.34. The summed E-state index contributed by atoms with van der Waals surface area (Å²) in [5.74, 6) is 1.23. The minimum Gasteiger partial charge on any atom is -0.356 e. The van der Waals surface area contributed by atoms with Gasteiger partial charge in [0, 0.05) is 33.0 Å². The van der Waals surface area contributed by atoms with Crippen molar-refractivity contribution in [3.63, 3.8) is 0 Å². The molecule has 1 aliphatic rings. The zero-order valence-electron chi connectivity index (χ0n) is 15.0. The van der Waals surface area contributed by atoms with Crippen LogP contribution in [0.3, 0.4) is 0 Å². The number of nitrogens with one attached hydrogen (secondary N) is 1. The van der Waals surface area contributed by atoms with Gasteiger partial charge >= 0.3 is 0 Å². The van der Waals surface area contributed by atoms with E-state index in [1.54, 1.807) is 6.92 Å². The number of carbonyl (C=O) groups is 2. The first-order valence-electron chi connectivity index (χ1n) is 9.10. The van der Waals surface area contributed by atoms with Crippen molar-refractivity contribution in [1.82, 2.24) is 10.2 Å². The molecule has 1 unspecified atom stereocenters. The molecule has 2 amide bonds. The quantitative estimate of drug-likeness (QED) is 0.835. The number of aryl methyl sites for hydroxylation is 1. The second kappa shape index (κ2) is 9.45. The van der Waals surface area contributed by atoms with E-state index in [9.17, 15) is 9.59 Å². The van der Waals surface area contributed by atoms with E-state index >= 15 is 0 Å². The van der Waals surface area contributed by atoms with Gasteiger partial charge in [0.1, 0.15) is 0 Å². The molecule has 1 N–H and O–H groups in total. The molecule has 24 heavy (non-hydrogen) atoms. The lowest BCUT2D eigenvalue weighted by atomic mass is 9.94. The zero-order chi connectivity index (χ0) is 17.4. The lowest BCUT2D eigenvalue weighted by molar-refractivity contribution is -0.133. The fourth-order valence-corrected chi connectivity index (χ4v) is 3.26. The Labute approximate surface area is 145 Å². The number of piperidine rings is 1. The fourth-order valence-electron chi connectivity index (χ4n) is 3.26. The lowest BCUT2D eigenvalue weighted by Gasteiger charge is -2.32. The maximum Gasteiger partial charge on any atom is 0.222 e. The first-order valence-corrected chi connectivity index (χ1v) is 9.10. The van der Waals surface area contributed by atoms with Gasteiger partial charge in [-0.15, -0.1) is 0 Å². The van der Waals surface area contributed by atoms with Crippen molar-refractivity contribution in [1.29, 1.82) is 0 Å². The number of carbonyl (C=O) groups excluding carboxylic acids is 2. The Morgan fingerprint density at radius 3 is 2.50 bits per heavy atom. The van der Waals surface area contributed by atoms with Crippen LogP contribution >= 0.6 is 0 Å². The number of hydrogen-bond acceptors (Lipinski definition) is 2. The molecule has 1 heterocycles. The second-order valence-electron chi connectivity index (χ2n) is 7.09. The molecule has 1 aromatic rings. The normalized spacial score (nSPS) is 16.7. The Hall–Kier alpha value is -1.84. The summed E-state index contributed by atoms with van der Waals surface area (Å²) >= 11 is 0. The summed E-state index contributed by atoms with van der Waals surface area (Å²) in [7, 11) is 0. The molecule has 132 valence electrons. The monoisotopic (exact) mass is 330 g/mol. The van der Waals surface area contributed by atoms with Gasteiger partial charge in [0.15, 0.2) is 0 Å². The van der Waals surface area contributed by atoms with E-state index in [0.29, 0.717) is 18.3 Å². The average molecular weight is 330 g/mol. The third kappa shape index (κ3) is 6.34. The van der Waals surface area contributed by atoms with Crippen molar-refractivity contribution in [3.8, 4) is 0 Å². The second-order valence-corrected chi connectivity index (χ2v) is 7.09. The number of hydrogen-bond donors (Lipinski definition) is 1. The average Bonchev–Trinajstić information content (AvgIpc) is 2.59. The zero-order valence-corrected chi connectivity index (χ0v) is 15.0. The standard InChI is InChI=1S/C20H30N2O2/c1-16(8-9-18-6-4-3-5-7-18)14-20(24)22-12-10-19(11-13-22)15-21-17(2)23/h3-7,16,19H,8-15H2,1-2H3,(H,21,23). The predicted octanol–water partition coefficient (Wildman–Crippen LogP) is 3.02. The molecule has 4 heteroatoms. The van der Waals surface area contributed by atoms with Gasteiger partial charge in [-0.1, -0.05) is 37.3 Å². The van der Waals surface area contributed by atoms with Crippen LogP contribution in [-0.2, 0) is 16.0 Å². The van der Waals surface area contributed by atoms with E-state index in [2.05, 4.69) is 36.5 Å². The smallest absolute Gasteiger partial charge is 0.222 e. The van der Waals surface area contributed by atoms with Gasteiger partial charge < -0.3 is 10.2 Å². The maximum atomic E-state index is 12.4. The molecule has 1 saturated heterocycles. The van der Waals surface area contributed by atoms with Crippen LogP contribution in [0.1, 0.15) is 45.1 Å². The van der Waals surface area contributed by atoms with Crippen LogP contribution in [0.15, 0.2) is 30.3 Å². The summed E-state index contributed by atoms with van der Waals surface area (Å²) in [6.07, 6.45) is 4.71. The molecule has 0 radical (unpaired) electrons. The predicted molar refractivity (Wildman–Crippen MR) is 96.5 cm³/mol. The molecule has 0 aromatic heterocycles. The third-order valence-corrected chi connectivity index (χ3v) is 4.90. The van der Waals surface area contributed by atoms with Gasteiger partial charge in [-0.05, 0) is 43.1 Å². The van der Waals surface area contributed by atoms with Crippen molar-refractivity contribution in [2.45, 2.75) is 46.0 Å². The minimum atomic E-state index is 0.0285. The van der Waals surface area contributed by atoms with E-state index in [1.807, 2.05) is 11.0 Å². The third-order valence-electron chi connectivity index (χ3n) is 4.90. The van der Waals surface area contributed by atoms with E-state index in [-0.39, 0.29) is 11.8 Å². The minimum absolute atomic E-state index is 0.0285. The Morgan fingerprint density at radius 1 is 1.21 bits per heavy atom. The van der Waals surface area contributed by atoms with Crippen molar-refractivity contribution in [2.24, 2.45) is 11.8 Å². The highest BCUT2D eigenvalue weighted by atomic mass is 16.2. The lowest BCUT2D eigenvalue weighted by Crippen LogP contribution is -2.41. The van der Waals surface area contributed by atoms with Crippen molar-refractivity contribution >= 4 is 11.8 Å². The largest absolute Gasteiger partial charge is 0.356 e. The fraction of sp³-hybridized carbons (Fsp3) is 0.600. The highest BCUT2D eigenvalue weighted by molar-refractivity contribution is 5.76. The van der Waals surface area contributed by atoms with Crippen LogP contribution in [0.2, 0.25) is 0 Å². The highest BCUT2D eigenvalue weighted by Gasteiger charge is 2.23. The van der Waals surface area contributed by atoms with E-state index in [0.717, 1.165) is 45.3 Å². The van der Waals surface area contributed by atoms with Gasteiger partial charge in [-0.2, -0.15) is 0 Å². The van der Waals surface area contributed by atoms with Crippen LogP contribution in [0.25, 0.3) is 0 Å². The first kappa shape index (κ1) is 18.5. The molecule has 1 aliphatic heterocycles. The van der Waals surface area contributed by atoms with Crippen LogP contribution in [0.4, 0.5) is 0 Å². The molecular formula is C20H30N2O2. The number of nitrogens with zero attached hydrogens (tertiary/aromatic N) is 1. The number of amides is 2. The Balaban J connectivity index is 1.66. The molecule has 4 nitrogen and oxygen atoms in total. The molecule has 1 aromatic carbocycles. The van der Waals surface area contributed by atoms with E-state index in [4.69, 9.17) is 0 Å². The topological polar surface area (TPSA) is 49.4 Å². The molecule has 0 spiro atoms. The maximum absolute atomic E-state index is 12.4. The van der Waals surface area contributed by atoms with E-state index < -0.39 is 0 Å². The van der Waals surface area contributed by atoms with Crippen molar-refractivity contribution < 1.29 is 9.59 Å². The van der Waals surface area contributed by atoms with Gasteiger partial charge in [0.2, 0.25) is 11.8 Å². The van der Waals surface area contributed by atoms with Gasteiger partial charge in [0.25, 0.3) is 0 Å². The van der Waals surface area contributed by atoms with Crippen molar-refractivity contribution in [3.05, 3.63) is 35.9 Å². The Morgan fingerprint density at radius 2 is 1.88 bits per heavy atom. The van der Waals surface area contributed by atoms with Crippen LogP contribution in [0, 0.1) is 11.8 Å². The van der Waals surface area contributed by atoms with Crippen LogP contribution in [-0.4, -0.2) is 36.3 Å². The highest BCUT2D eigenvalue weighted by Crippen LogP contribution is 2.20. The van der Waals surface area contributed by atoms with Crippen LogP contribution in [0.5, 0.6) is 0 Å². The molecule has 0 aliphatic carbocycles. The summed E-state index contributed by atoms with van der Waals surface area (Å²) < 4.78 is 0.